The average molecular weight is 601 g/mol. The van der Waals surface area contributed by atoms with E-state index in [1.165, 1.54) is 15.9 Å². The van der Waals surface area contributed by atoms with Crippen molar-refractivity contribution in [3.8, 4) is 45.1 Å². The summed E-state index contributed by atoms with van der Waals surface area (Å²) in [5, 5.41) is 3.71. The van der Waals surface area contributed by atoms with Crippen LogP contribution >= 0.6 is 7.92 Å². The Kier molecular flexibility index (Phi) is 7.05. The van der Waals surface area contributed by atoms with Gasteiger partial charge in [0.1, 0.15) is 0 Å². The molecule has 8 rings (SSSR count). The molecule has 0 bridgehead atoms. The summed E-state index contributed by atoms with van der Waals surface area (Å²) in [4.78, 5) is 10.8. The topological polar surface area (TPSA) is 44.2 Å². The molecule has 1 aliphatic rings. The van der Waals surface area contributed by atoms with E-state index in [2.05, 4.69) is 110 Å². The van der Waals surface area contributed by atoms with Gasteiger partial charge in [0.15, 0.2) is 11.5 Å². The number of aryl methyl sites for hydroxylation is 1. The largest absolute Gasteiger partial charge is 0.454 e. The van der Waals surface area contributed by atoms with Crippen molar-refractivity contribution >= 4 is 34.9 Å². The van der Waals surface area contributed by atoms with E-state index in [-0.39, 0.29) is 6.79 Å². The maximum atomic E-state index is 6.27. The van der Waals surface area contributed by atoms with Crippen molar-refractivity contribution in [3.63, 3.8) is 0 Å². The van der Waals surface area contributed by atoms with Gasteiger partial charge < -0.3 is 9.47 Å². The minimum atomic E-state index is -0.938. The van der Waals surface area contributed by atoms with Gasteiger partial charge in [0.05, 0.1) is 22.4 Å². The molecule has 6 aromatic carbocycles. The quantitative estimate of drug-likeness (QED) is 0.180. The van der Waals surface area contributed by atoms with Crippen LogP contribution in [-0.2, 0) is 0 Å². The van der Waals surface area contributed by atoms with Crippen molar-refractivity contribution in [2.24, 2.45) is 0 Å². The fraction of sp³-hybridized carbons (Fsp3) is 0.0500. The highest BCUT2D eigenvalue weighted by molar-refractivity contribution is 7.80. The van der Waals surface area contributed by atoms with Crippen LogP contribution in [0.1, 0.15) is 5.56 Å². The van der Waals surface area contributed by atoms with E-state index >= 15 is 0 Å². The summed E-state index contributed by atoms with van der Waals surface area (Å²) in [6, 6.07) is 50.7. The van der Waals surface area contributed by atoms with Gasteiger partial charge in [0.2, 0.25) is 6.79 Å². The van der Waals surface area contributed by atoms with Gasteiger partial charge in [0.25, 0.3) is 0 Å². The van der Waals surface area contributed by atoms with Crippen molar-refractivity contribution < 1.29 is 9.47 Å². The second kappa shape index (κ2) is 11.6. The zero-order chi connectivity index (χ0) is 30.2. The molecule has 216 valence electrons. The lowest BCUT2D eigenvalue weighted by Crippen LogP contribution is -2.22. The lowest BCUT2D eigenvalue weighted by molar-refractivity contribution is 0.174. The predicted octanol–water partition coefficient (Wildman–Crippen LogP) is 8.43. The minimum absolute atomic E-state index is 0.184. The van der Waals surface area contributed by atoms with Gasteiger partial charge in [-0.05, 0) is 48.5 Å². The van der Waals surface area contributed by atoms with Crippen molar-refractivity contribution in [3.05, 3.63) is 151 Å². The summed E-state index contributed by atoms with van der Waals surface area (Å²) in [6.45, 7) is 2.29. The van der Waals surface area contributed by atoms with E-state index in [1.54, 1.807) is 0 Å². The molecule has 0 saturated heterocycles. The molecule has 1 aromatic heterocycles. The molecule has 1 aliphatic heterocycles. The molecule has 0 aliphatic carbocycles. The number of hydrogen-bond acceptors (Lipinski definition) is 4. The highest BCUT2D eigenvalue weighted by atomic mass is 31.1. The van der Waals surface area contributed by atoms with Crippen LogP contribution in [0.3, 0.4) is 0 Å². The zero-order valence-corrected chi connectivity index (χ0v) is 25.6. The summed E-state index contributed by atoms with van der Waals surface area (Å²) in [5.41, 5.74) is 8.54. The molecule has 0 fully saturated rings. The van der Waals surface area contributed by atoms with Crippen LogP contribution in [0.15, 0.2) is 146 Å². The first-order valence-electron chi connectivity index (χ1n) is 15.0. The normalized spacial score (nSPS) is 12.1. The number of rotatable bonds is 6. The molecule has 7 aromatic rings. The van der Waals surface area contributed by atoms with Crippen LogP contribution in [-0.4, -0.2) is 16.8 Å². The minimum Gasteiger partial charge on any atom is -0.454 e. The first-order chi connectivity index (χ1) is 22.3. The summed E-state index contributed by atoms with van der Waals surface area (Å²) in [7, 11) is -0.938. The SMILES string of the molecule is Cc1ccc(-c2c(P(c3ccccc3)c3ccccc3)ccc3c2OCO3)c2nc(-c3ccccc3)c(-c3ccccc3)nc12. The van der Waals surface area contributed by atoms with Crippen LogP contribution in [0.25, 0.3) is 44.7 Å². The van der Waals surface area contributed by atoms with Gasteiger partial charge in [-0.15, -0.1) is 0 Å². The van der Waals surface area contributed by atoms with E-state index < -0.39 is 7.92 Å². The molecule has 0 atom stereocenters. The second-order valence-electron chi connectivity index (χ2n) is 11.0. The number of aromatic nitrogens is 2. The standard InChI is InChI=1S/C40H29N2O2P/c1-27-22-23-32(39-36(27)41-37(28-14-6-2-7-15-28)38(42-39)29-16-8-3-9-17-29)35-34(25-24-33-40(35)44-26-43-33)45(30-18-10-4-11-19-30)31-20-12-5-13-21-31/h2-25H,26H2,1H3. The van der Waals surface area contributed by atoms with Gasteiger partial charge >= 0.3 is 0 Å². The van der Waals surface area contributed by atoms with Gasteiger partial charge in [-0.25, -0.2) is 9.97 Å². The Morgan fingerprint density at radius 3 is 1.64 bits per heavy atom. The fourth-order valence-corrected chi connectivity index (χ4v) is 8.51. The first-order valence-corrected chi connectivity index (χ1v) is 16.4. The molecule has 0 unspecified atom stereocenters. The molecule has 45 heavy (non-hydrogen) atoms. The van der Waals surface area contributed by atoms with Gasteiger partial charge in [0, 0.05) is 22.3 Å². The Morgan fingerprint density at radius 2 is 1.07 bits per heavy atom. The maximum absolute atomic E-state index is 6.27. The van der Waals surface area contributed by atoms with E-state index in [9.17, 15) is 0 Å². The van der Waals surface area contributed by atoms with Crippen LogP contribution in [0.4, 0.5) is 0 Å². The molecule has 5 heteroatoms. The number of fused-ring (bicyclic) bond motifs is 2. The zero-order valence-electron chi connectivity index (χ0n) is 24.7. The number of ether oxygens (including phenoxy) is 2. The van der Waals surface area contributed by atoms with Gasteiger partial charge in [-0.2, -0.15) is 0 Å². The lowest BCUT2D eigenvalue weighted by Gasteiger charge is -2.24. The monoisotopic (exact) mass is 600 g/mol. The predicted molar refractivity (Wildman–Crippen MR) is 185 cm³/mol. The molecule has 0 spiro atoms. The average Bonchev–Trinajstić information content (AvgIpc) is 3.59. The summed E-state index contributed by atoms with van der Waals surface area (Å²) in [6.07, 6.45) is 0. The van der Waals surface area contributed by atoms with Crippen LogP contribution < -0.4 is 25.4 Å². The smallest absolute Gasteiger partial charge is 0.231 e. The van der Waals surface area contributed by atoms with E-state index in [4.69, 9.17) is 19.4 Å². The third kappa shape index (κ3) is 4.94. The van der Waals surface area contributed by atoms with Crippen LogP contribution in [0.2, 0.25) is 0 Å². The van der Waals surface area contributed by atoms with Crippen molar-refractivity contribution in [1.82, 2.24) is 9.97 Å². The third-order valence-corrected chi connectivity index (χ3v) is 10.7. The fourth-order valence-electron chi connectivity index (χ4n) is 6.05. The molecule has 2 heterocycles. The maximum Gasteiger partial charge on any atom is 0.231 e. The van der Waals surface area contributed by atoms with E-state index in [0.717, 1.165) is 61.7 Å². The molecule has 0 amide bonds. The Balaban J connectivity index is 1.45. The number of hydrogen-bond donors (Lipinski definition) is 0. The van der Waals surface area contributed by atoms with Crippen molar-refractivity contribution in [2.75, 3.05) is 6.79 Å². The van der Waals surface area contributed by atoms with Crippen LogP contribution in [0.5, 0.6) is 11.5 Å². The van der Waals surface area contributed by atoms with E-state index in [1.807, 2.05) is 42.5 Å². The van der Waals surface area contributed by atoms with Crippen LogP contribution in [0, 0.1) is 6.92 Å². The molecular weight excluding hydrogens is 571 g/mol. The van der Waals surface area contributed by atoms with E-state index in [0.29, 0.717) is 0 Å². The molecule has 4 nitrogen and oxygen atoms in total. The highest BCUT2D eigenvalue weighted by Crippen LogP contribution is 2.48. The number of benzene rings is 6. The molecular formula is C40H29N2O2P. The third-order valence-electron chi connectivity index (χ3n) is 8.18. The molecule has 0 N–H and O–H groups in total. The Labute approximate surface area is 263 Å². The summed E-state index contributed by atoms with van der Waals surface area (Å²) >= 11 is 0. The first kappa shape index (κ1) is 27.3. The second-order valence-corrected chi connectivity index (χ2v) is 13.2. The Bertz CT molecular complexity index is 2100. The molecule has 0 saturated carbocycles. The molecule has 0 radical (unpaired) electrons. The lowest BCUT2D eigenvalue weighted by atomic mass is 9.98. The van der Waals surface area contributed by atoms with Crippen molar-refractivity contribution in [2.45, 2.75) is 6.92 Å². The Morgan fingerprint density at radius 1 is 0.533 bits per heavy atom. The highest BCUT2D eigenvalue weighted by Gasteiger charge is 2.30. The Hall–Kier alpha value is -5.31. The van der Waals surface area contributed by atoms with Gasteiger partial charge in [-0.3, -0.25) is 0 Å². The summed E-state index contributed by atoms with van der Waals surface area (Å²) < 4.78 is 12.2. The van der Waals surface area contributed by atoms with Gasteiger partial charge in [-0.1, -0.05) is 133 Å². The van der Waals surface area contributed by atoms with Crippen molar-refractivity contribution in [1.29, 1.82) is 0 Å². The summed E-state index contributed by atoms with van der Waals surface area (Å²) in [5.74, 6) is 1.50. The number of nitrogens with zero attached hydrogens (tertiary/aromatic N) is 2.